The Balaban J connectivity index is 2.18. The van der Waals surface area contributed by atoms with Crippen LogP contribution in [0.3, 0.4) is 0 Å². The summed E-state index contributed by atoms with van der Waals surface area (Å²) in [7, 11) is 0. The lowest BCUT2D eigenvalue weighted by Crippen LogP contribution is -2.25. The van der Waals surface area contributed by atoms with Crippen molar-refractivity contribution in [2.45, 2.75) is 26.3 Å². The lowest BCUT2D eigenvalue weighted by Gasteiger charge is -2.28. The maximum Gasteiger partial charge on any atom is 0.343 e. The standard InChI is InChI=1S/C17H16BrNO3/c1-3-22-17(21)14-9-19-10(2)6-11-7-12(18)4-5-13(11)15(19)8-16(14)20/h4-5,7-10H,3,6H2,1-2H3. The average molecular weight is 362 g/mol. The molecule has 2 heterocycles. The van der Waals surface area contributed by atoms with Crippen LogP contribution in [0, 0.1) is 0 Å². The molecule has 1 aliphatic heterocycles. The number of esters is 1. The topological polar surface area (TPSA) is 48.3 Å². The van der Waals surface area contributed by atoms with Crippen molar-refractivity contribution in [3.63, 3.8) is 0 Å². The number of fused-ring (bicyclic) bond motifs is 3. The van der Waals surface area contributed by atoms with Crippen molar-refractivity contribution in [1.82, 2.24) is 4.57 Å². The van der Waals surface area contributed by atoms with E-state index in [1.165, 1.54) is 11.6 Å². The summed E-state index contributed by atoms with van der Waals surface area (Å²) >= 11 is 3.48. The molecule has 1 aromatic heterocycles. The van der Waals surface area contributed by atoms with E-state index in [-0.39, 0.29) is 23.6 Å². The molecule has 0 N–H and O–H groups in total. The highest BCUT2D eigenvalue weighted by molar-refractivity contribution is 9.10. The smallest absolute Gasteiger partial charge is 0.343 e. The number of hydrogen-bond acceptors (Lipinski definition) is 3. The molecular formula is C17H16BrNO3. The Morgan fingerprint density at radius 2 is 2.18 bits per heavy atom. The van der Waals surface area contributed by atoms with Crippen LogP contribution in [0.2, 0.25) is 0 Å². The molecule has 1 atom stereocenters. The van der Waals surface area contributed by atoms with Gasteiger partial charge in [-0.05, 0) is 38.0 Å². The van der Waals surface area contributed by atoms with Crippen molar-refractivity contribution in [2.75, 3.05) is 6.61 Å². The van der Waals surface area contributed by atoms with Crippen LogP contribution in [-0.2, 0) is 11.2 Å². The number of carbonyl (C=O) groups excluding carboxylic acids is 1. The quantitative estimate of drug-likeness (QED) is 0.768. The number of aromatic nitrogens is 1. The zero-order valence-electron chi connectivity index (χ0n) is 12.4. The van der Waals surface area contributed by atoms with Crippen molar-refractivity contribution in [3.8, 4) is 11.3 Å². The lowest BCUT2D eigenvalue weighted by atomic mass is 9.93. The Morgan fingerprint density at radius 3 is 2.91 bits per heavy atom. The summed E-state index contributed by atoms with van der Waals surface area (Å²) in [5, 5.41) is 0. The van der Waals surface area contributed by atoms with Crippen LogP contribution in [0.1, 0.15) is 35.8 Å². The number of carbonyl (C=O) groups is 1. The van der Waals surface area contributed by atoms with E-state index in [9.17, 15) is 9.59 Å². The summed E-state index contributed by atoms with van der Waals surface area (Å²) in [4.78, 5) is 24.2. The maximum atomic E-state index is 12.3. The fourth-order valence-corrected chi connectivity index (χ4v) is 3.30. The lowest BCUT2D eigenvalue weighted by molar-refractivity contribution is 0.0523. The van der Waals surface area contributed by atoms with Crippen LogP contribution in [0.15, 0.2) is 39.7 Å². The molecule has 0 aliphatic carbocycles. The minimum atomic E-state index is -0.559. The molecule has 3 rings (SSSR count). The third kappa shape index (κ3) is 2.50. The summed E-state index contributed by atoms with van der Waals surface area (Å²) in [6.45, 7) is 4.06. The second kappa shape index (κ2) is 5.72. The van der Waals surface area contributed by atoms with Crippen molar-refractivity contribution < 1.29 is 9.53 Å². The van der Waals surface area contributed by atoms with Gasteiger partial charge in [-0.15, -0.1) is 0 Å². The SMILES string of the molecule is CCOC(=O)c1cn2c(cc1=O)-c1ccc(Br)cc1CC2C. The Morgan fingerprint density at radius 1 is 1.41 bits per heavy atom. The molecule has 22 heavy (non-hydrogen) atoms. The van der Waals surface area contributed by atoms with Crippen LogP contribution in [0.5, 0.6) is 0 Å². The second-order valence-electron chi connectivity index (χ2n) is 5.42. The predicted octanol–water partition coefficient (Wildman–Crippen LogP) is 3.57. The van der Waals surface area contributed by atoms with Gasteiger partial charge in [0.05, 0.1) is 12.3 Å². The Bertz CT molecular complexity index is 810. The monoisotopic (exact) mass is 361 g/mol. The molecule has 4 nitrogen and oxygen atoms in total. The summed E-state index contributed by atoms with van der Waals surface area (Å²) in [6, 6.07) is 7.75. The zero-order chi connectivity index (χ0) is 15.9. The number of nitrogens with zero attached hydrogens (tertiary/aromatic N) is 1. The van der Waals surface area contributed by atoms with Crippen LogP contribution < -0.4 is 5.43 Å². The molecule has 0 bridgehead atoms. The van der Waals surface area contributed by atoms with Gasteiger partial charge in [0.2, 0.25) is 0 Å². The van der Waals surface area contributed by atoms with Gasteiger partial charge in [-0.2, -0.15) is 0 Å². The van der Waals surface area contributed by atoms with Gasteiger partial charge in [0, 0.05) is 28.3 Å². The molecule has 114 valence electrons. The van der Waals surface area contributed by atoms with E-state index < -0.39 is 5.97 Å². The van der Waals surface area contributed by atoms with Crippen LogP contribution in [0.25, 0.3) is 11.3 Å². The third-order valence-electron chi connectivity index (χ3n) is 3.91. The number of hydrogen-bond donors (Lipinski definition) is 0. The minimum Gasteiger partial charge on any atom is -0.462 e. The second-order valence-corrected chi connectivity index (χ2v) is 6.33. The minimum absolute atomic E-state index is 0.0954. The number of halogens is 1. The van der Waals surface area contributed by atoms with Gasteiger partial charge in [-0.3, -0.25) is 4.79 Å². The Labute approximate surface area is 136 Å². The average Bonchev–Trinajstić information content (AvgIpc) is 2.46. The largest absolute Gasteiger partial charge is 0.462 e. The third-order valence-corrected chi connectivity index (χ3v) is 4.40. The van der Waals surface area contributed by atoms with Gasteiger partial charge in [0.15, 0.2) is 5.43 Å². The number of rotatable bonds is 2. The molecule has 1 aliphatic rings. The molecule has 0 saturated heterocycles. The van der Waals surface area contributed by atoms with Gasteiger partial charge in [-0.1, -0.05) is 22.0 Å². The molecule has 0 amide bonds. The summed E-state index contributed by atoms with van der Waals surface area (Å²) in [6.07, 6.45) is 2.48. The van der Waals surface area contributed by atoms with Crippen LogP contribution in [0.4, 0.5) is 0 Å². The van der Waals surface area contributed by atoms with Gasteiger partial charge < -0.3 is 9.30 Å². The summed E-state index contributed by atoms with van der Waals surface area (Å²) in [5.74, 6) is -0.559. The highest BCUT2D eigenvalue weighted by Gasteiger charge is 2.24. The van der Waals surface area contributed by atoms with Crippen LogP contribution >= 0.6 is 15.9 Å². The molecule has 1 aromatic carbocycles. The summed E-state index contributed by atoms with van der Waals surface area (Å²) in [5.41, 5.74) is 2.88. The van der Waals surface area contributed by atoms with Crippen molar-refractivity contribution >= 4 is 21.9 Å². The molecule has 0 radical (unpaired) electrons. The highest BCUT2D eigenvalue weighted by Crippen LogP contribution is 2.35. The predicted molar refractivity (Wildman–Crippen MR) is 88.2 cm³/mol. The first-order valence-corrected chi connectivity index (χ1v) is 8.02. The van der Waals surface area contributed by atoms with Crippen molar-refractivity contribution in [1.29, 1.82) is 0 Å². The number of pyridine rings is 1. The van der Waals surface area contributed by atoms with E-state index in [2.05, 4.69) is 28.9 Å². The number of benzene rings is 1. The molecule has 0 saturated carbocycles. The first-order valence-electron chi connectivity index (χ1n) is 7.23. The molecule has 1 unspecified atom stereocenters. The van der Waals surface area contributed by atoms with Crippen LogP contribution in [-0.4, -0.2) is 17.1 Å². The van der Waals surface area contributed by atoms with E-state index >= 15 is 0 Å². The molecule has 0 spiro atoms. The van der Waals surface area contributed by atoms with E-state index in [0.29, 0.717) is 0 Å². The van der Waals surface area contributed by atoms with E-state index in [0.717, 1.165) is 22.2 Å². The molecule has 0 fully saturated rings. The van der Waals surface area contributed by atoms with Gasteiger partial charge >= 0.3 is 5.97 Å². The van der Waals surface area contributed by atoms with E-state index in [1.807, 2.05) is 16.7 Å². The van der Waals surface area contributed by atoms with Gasteiger partial charge in [-0.25, -0.2) is 4.79 Å². The Hall–Kier alpha value is -1.88. The molecule has 5 heteroatoms. The first kappa shape index (κ1) is 15.0. The highest BCUT2D eigenvalue weighted by atomic mass is 79.9. The number of ether oxygens (including phenoxy) is 1. The van der Waals surface area contributed by atoms with E-state index in [4.69, 9.17) is 4.74 Å². The normalized spacial score (nSPS) is 15.9. The van der Waals surface area contributed by atoms with Crippen molar-refractivity contribution in [2.24, 2.45) is 0 Å². The summed E-state index contributed by atoms with van der Waals surface area (Å²) < 4.78 is 7.98. The maximum absolute atomic E-state index is 12.3. The zero-order valence-corrected chi connectivity index (χ0v) is 14.0. The van der Waals surface area contributed by atoms with Gasteiger partial charge in [0.1, 0.15) is 5.56 Å². The molecule has 2 aromatic rings. The van der Waals surface area contributed by atoms with Gasteiger partial charge in [0.25, 0.3) is 0 Å². The fourth-order valence-electron chi connectivity index (χ4n) is 2.89. The van der Waals surface area contributed by atoms with Crippen molar-refractivity contribution in [3.05, 3.63) is 56.3 Å². The Kier molecular flexibility index (Phi) is 3.91. The first-order chi connectivity index (χ1) is 10.5. The molecular weight excluding hydrogens is 346 g/mol. The fraction of sp³-hybridized carbons (Fsp3) is 0.294. The van der Waals surface area contributed by atoms with E-state index in [1.54, 1.807) is 13.1 Å².